The Bertz CT molecular complexity index is 1260. The lowest BCUT2D eigenvalue weighted by Gasteiger charge is -2.25. The molecule has 2 aromatic rings. The van der Waals surface area contributed by atoms with Crippen molar-refractivity contribution in [1.29, 1.82) is 10.5 Å². The number of nitriles is 2. The minimum absolute atomic E-state index is 0.173. The lowest BCUT2D eigenvalue weighted by atomic mass is 10.1. The van der Waals surface area contributed by atoms with Crippen LogP contribution in [0.15, 0.2) is 29.1 Å². The number of aromatic nitrogens is 1. The summed E-state index contributed by atoms with van der Waals surface area (Å²) in [7, 11) is 0. The molecule has 0 saturated carbocycles. The quantitative estimate of drug-likeness (QED) is 0.499. The molecule has 2 N–H and O–H groups in total. The van der Waals surface area contributed by atoms with Gasteiger partial charge in [-0.25, -0.2) is 0 Å². The summed E-state index contributed by atoms with van der Waals surface area (Å²) in [4.78, 5) is 27.6. The summed E-state index contributed by atoms with van der Waals surface area (Å²) in [5.74, 6) is 1.78. The first-order valence-corrected chi connectivity index (χ1v) is 13.2. The Hall–Kier alpha value is -3.05. The number of benzene rings is 1. The van der Waals surface area contributed by atoms with E-state index in [4.69, 9.17) is 5.26 Å². The SMILES string of the molecule is CCn1c(=C(C#N)C(=O)NCC#N)sc(=CNc2cccc(CCCN3CCSCC3)c2)c1=O. The summed E-state index contributed by atoms with van der Waals surface area (Å²) in [6, 6.07) is 11.8. The summed E-state index contributed by atoms with van der Waals surface area (Å²) in [6.07, 6.45) is 3.71. The molecular formula is C24H28N6O2S2. The highest BCUT2D eigenvalue weighted by molar-refractivity contribution is 7.99. The first-order chi connectivity index (χ1) is 16.6. The highest BCUT2D eigenvalue weighted by Gasteiger charge is 2.15. The van der Waals surface area contributed by atoms with Gasteiger partial charge in [0, 0.05) is 43.0 Å². The fourth-order valence-corrected chi connectivity index (χ4v) is 5.76. The lowest BCUT2D eigenvalue weighted by molar-refractivity contribution is -0.115. The van der Waals surface area contributed by atoms with Gasteiger partial charge in [-0.15, -0.1) is 11.3 Å². The van der Waals surface area contributed by atoms with Crippen LogP contribution in [0.25, 0.3) is 11.8 Å². The average Bonchev–Trinajstić information content (AvgIpc) is 3.17. The number of hydrogen-bond acceptors (Lipinski definition) is 8. The van der Waals surface area contributed by atoms with E-state index in [1.165, 1.54) is 34.7 Å². The number of anilines is 1. The molecule has 0 atom stereocenters. The van der Waals surface area contributed by atoms with E-state index in [9.17, 15) is 14.9 Å². The molecule has 1 amide bonds. The van der Waals surface area contributed by atoms with E-state index in [1.807, 2.05) is 36.0 Å². The number of nitrogens with one attached hydrogen (secondary N) is 2. The van der Waals surface area contributed by atoms with Gasteiger partial charge in [-0.2, -0.15) is 22.3 Å². The Labute approximate surface area is 207 Å². The molecule has 1 fully saturated rings. The Morgan fingerprint density at radius 3 is 2.76 bits per heavy atom. The average molecular weight is 497 g/mol. The number of thiazole rings is 1. The van der Waals surface area contributed by atoms with Crippen molar-refractivity contribution in [3.8, 4) is 12.1 Å². The topological polar surface area (TPSA) is 114 Å². The number of nitrogens with zero attached hydrogens (tertiary/aromatic N) is 4. The standard InChI is InChI=1S/C24H28N6O2S2/c1-2-30-23(32)21(34-24(30)20(16-26)22(31)27-9-8-25)17-28-19-7-3-5-18(15-19)6-4-10-29-11-13-33-14-12-29/h3,5,7,15,17,28H,2,4,6,9-14H2,1H3,(H,27,31). The lowest BCUT2D eigenvalue weighted by Crippen LogP contribution is -2.34. The number of aryl methyl sites for hydroxylation is 1. The van der Waals surface area contributed by atoms with Crippen molar-refractivity contribution in [3.63, 3.8) is 0 Å². The highest BCUT2D eigenvalue weighted by Crippen LogP contribution is 2.14. The Balaban J connectivity index is 1.76. The van der Waals surface area contributed by atoms with Crippen LogP contribution in [0.3, 0.4) is 0 Å². The van der Waals surface area contributed by atoms with Gasteiger partial charge >= 0.3 is 0 Å². The van der Waals surface area contributed by atoms with E-state index in [2.05, 4.69) is 27.7 Å². The molecule has 1 aromatic carbocycles. The first-order valence-electron chi connectivity index (χ1n) is 11.2. The maximum atomic E-state index is 12.8. The van der Waals surface area contributed by atoms with Gasteiger partial charge in [-0.1, -0.05) is 12.1 Å². The zero-order valence-corrected chi connectivity index (χ0v) is 20.8. The molecule has 2 heterocycles. The molecule has 34 heavy (non-hydrogen) atoms. The van der Waals surface area contributed by atoms with Crippen LogP contribution in [0.5, 0.6) is 0 Å². The minimum Gasteiger partial charge on any atom is -0.360 e. The number of thioether (sulfide) groups is 1. The summed E-state index contributed by atoms with van der Waals surface area (Å²) in [5.41, 5.74) is 1.66. The summed E-state index contributed by atoms with van der Waals surface area (Å²) >= 11 is 3.10. The van der Waals surface area contributed by atoms with Gasteiger partial charge in [0.1, 0.15) is 21.8 Å². The molecule has 0 aliphatic carbocycles. The van der Waals surface area contributed by atoms with E-state index < -0.39 is 5.91 Å². The van der Waals surface area contributed by atoms with E-state index in [0.717, 1.165) is 36.4 Å². The van der Waals surface area contributed by atoms with Gasteiger partial charge in [-0.3, -0.25) is 14.2 Å². The molecule has 10 heteroatoms. The third-order valence-corrected chi connectivity index (χ3v) is 7.52. The predicted octanol–water partition coefficient (Wildman–Crippen LogP) is 1.08. The highest BCUT2D eigenvalue weighted by atomic mass is 32.2. The monoisotopic (exact) mass is 496 g/mol. The maximum absolute atomic E-state index is 12.8. The van der Waals surface area contributed by atoms with Crippen molar-refractivity contribution >= 4 is 46.5 Å². The number of hydrogen-bond donors (Lipinski definition) is 2. The number of carbonyl (C=O) groups excluding carboxylic acids is 1. The molecule has 1 aliphatic heterocycles. The van der Waals surface area contributed by atoms with E-state index in [0.29, 0.717) is 11.1 Å². The van der Waals surface area contributed by atoms with Crippen molar-refractivity contribution in [2.45, 2.75) is 26.3 Å². The van der Waals surface area contributed by atoms with Gasteiger partial charge in [-0.05, 0) is 44.0 Å². The van der Waals surface area contributed by atoms with Gasteiger partial charge in [0.05, 0.1) is 6.07 Å². The van der Waals surface area contributed by atoms with E-state index in [-0.39, 0.29) is 22.3 Å². The van der Waals surface area contributed by atoms with Crippen molar-refractivity contribution in [1.82, 2.24) is 14.8 Å². The molecule has 0 unspecified atom stereocenters. The molecule has 0 spiro atoms. The Kier molecular flexibility index (Phi) is 9.77. The normalized spacial score (nSPS) is 15.3. The van der Waals surface area contributed by atoms with Crippen molar-refractivity contribution in [3.05, 3.63) is 49.4 Å². The van der Waals surface area contributed by atoms with Crippen LogP contribution in [0.2, 0.25) is 0 Å². The van der Waals surface area contributed by atoms with Crippen LogP contribution in [0, 0.1) is 22.7 Å². The molecule has 0 bridgehead atoms. The van der Waals surface area contributed by atoms with Gasteiger partial charge < -0.3 is 15.5 Å². The van der Waals surface area contributed by atoms with Gasteiger partial charge in [0.25, 0.3) is 11.5 Å². The molecule has 0 radical (unpaired) electrons. The summed E-state index contributed by atoms with van der Waals surface area (Å²) < 4.78 is 2.08. The summed E-state index contributed by atoms with van der Waals surface area (Å²) in [5, 5.41) is 23.7. The van der Waals surface area contributed by atoms with Crippen LogP contribution in [0.1, 0.15) is 18.9 Å². The molecule has 1 aromatic heterocycles. The third-order valence-electron chi connectivity index (χ3n) is 5.45. The molecule has 8 nitrogen and oxygen atoms in total. The van der Waals surface area contributed by atoms with E-state index in [1.54, 1.807) is 13.1 Å². The zero-order valence-electron chi connectivity index (χ0n) is 19.2. The Morgan fingerprint density at radius 1 is 1.26 bits per heavy atom. The first kappa shape index (κ1) is 25.6. The smallest absolute Gasteiger partial charge is 0.270 e. The fourth-order valence-electron chi connectivity index (χ4n) is 3.69. The number of amides is 1. The number of rotatable bonds is 9. The number of carbonyl (C=O) groups is 1. The second-order valence-corrected chi connectivity index (χ2v) is 9.95. The molecule has 1 saturated heterocycles. The van der Waals surface area contributed by atoms with Crippen molar-refractivity contribution in [2.75, 3.05) is 43.0 Å². The molecular weight excluding hydrogens is 468 g/mol. The van der Waals surface area contributed by atoms with Gasteiger partial charge in [0.2, 0.25) is 0 Å². The Morgan fingerprint density at radius 2 is 2.06 bits per heavy atom. The minimum atomic E-state index is -0.664. The third kappa shape index (κ3) is 6.73. The predicted molar refractivity (Wildman–Crippen MR) is 138 cm³/mol. The fraction of sp³-hybridized carbons (Fsp3) is 0.417. The van der Waals surface area contributed by atoms with Gasteiger partial charge in [0.15, 0.2) is 5.57 Å². The molecule has 178 valence electrons. The largest absolute Gasteiger partial charge is 0.360 e. The van der Waals surface area contributed by atoms with Crippen molar-refractivity contribution in [2.24, 2.45) is 0 Å². The van der Waals surface area contributed by atoms with Crippen LogP contribution in [-0.4, -0.2) is 53.1 Å². The second kappa shape index (κ2) is 13.0. The van der Waals surface area contributed by atoms with Crippen LogP contribution in [0.4, 0.5) is 5.69 Å². The van der Waals surface area contributed by atoms with Crippen LogP contribution in [-0.2, 0) is 17.8 Å². The second-order valence-electron chi connectivity index (χ2n) is 7.70. The van der Waals surface area contributed by atoms with Crippen molar-refractivity contribution < 1.29 is 4.79 Å². The summed E-state index contributed by atoms with van der Waals surface area (Å²) in [6.45, 7) is 5.34. The van der Waals surface area contributed by atoms with Crippen LogP contribution < -0.4 is 25.4 Å². The zero-order chi connectivity index (χ0) is 24.3. The van der Waals surface area contributed by atoms with E-state index >= 15 is 0 Å². The maximum Gasteiger partial charge on any atom is 0.270 e. The van der Waals surface area contributed by atoms with Crippen LogP contribution >= 0.6 is 23.1 Å². The molecule has 3 rings (SSSR count). The molecule has 1 aliphatic rings.